The van der Waals surface area contributed by atoms with Crippen LogP contribution in [-0.2, 0) is 29.2 Å². The van der Waals surface area contributed by atoms with E-state index in [1.807, 2.05) is 0 Å². The fourth-order valence-electron chi connectivity index (χ4n) is 4.75. The molecule has 1 aliphatic heterocycles. The third-order valence-corrected chi connectivity index (χ3v) is 9.20. The molecule has 4 amide bonds. The monoisotopic (exact) mass is 521 g/mol. The maximum absolute atomic E-state index is 13.4. The molecule has 11 nitrogen and oxygen atoms in total. The standard InChI is InChI=1S/C24H35N5O6S/c1-4-15-11-24(15,23(33)28-36(34,35)17-7-8-17)27-21(31)18-10-16(25)12-29(18)22(32)20(13(2)3)26-19(30)9-14-5-6-14/h4,14-18,20H,1-2,5-12,25H2,3H3,(H,26,30)(H,27,31)(H,28,33)/t15?,16-,18+,20+,24?/m1/s1. The topological polar surface area (TPSA) is 168 Å². The highest BCUT2D eigenvalue weighted by Gasteiger charge is 2.61. The lowest BCUT2D eigenvalue weighted by atomic mass is 10.1. The van der Waals surface area contributed by atoms with Crippen molar-refractivity contribution in [3.05, 3.63) is 24.8 Å². The maximum Gasteiger partial charge on any atom is 0.259 e. The first-order valence-electron chi connectivity index (χ1n) is 12.4. The molecule has 4 aliphatic rings. The molecule has 0 aromatic carbocycles. The molecule has 1 saturated heterocycles. The Balaban J connectivity index is 1.47. The van der Waals surface area contributed by atoms with Crippen LogP contribution in [0, 0.1) is 11.8 Å². The largest absolute Gasteiger partial charge is 0.341 e. The first-order chi connectivity index (χ1) is 16.9. The van der Waals surface area contributed by atoms with Gasteiger partial charge < -0.3 is 21.3 Å². The van der Waals surface area contributed by atoms with E-state index in [1.165, 1.54) is 11.0 Å². The third-order valence-electron chi connectivity index (χ3n) is 7.38. The summed E-state index contributed by atoms with van der Waals surface area (Å²) in [5.41, 5.74) is 5.08. The molecular formula is C24H35N5O6S. The Morgan fingerprint density at radius 1 is 1.19 bits per heavy atom. The van der Waals surface area contributed by atoms with Crippen molar-refractivity contribution in [2.45, 2.75) is 80.8 Å². The number of hydrogen-bond donors (Lipinski definition) is 4. The zero-order valence-corrected chi connectivity index (χ0v) is 21.3. The number of hydrogen-bond acceptors (Lipinski definition) is 7. The summed E-state index contributed by atoms with van der Waals surface area (Å²) in [6, 6.07) is -2.46. The van der Waals surface area contributed by atoms with Crippen LogP contribution in [0.25, 0.3) is 0 Å². The zero-order chi connectivity index (χ0) is 26.4. The van der Waals surface area contributed by atoms with Crippen molar-refractivity contribution in [3.63, 3.8) is 0 Å². The molecule has 3 aliphatic carbocycles. The smallest absolute Gasteiger partial charge is 0.259 e. The second kappa shape index (κ2) is 9.62. The number of sulfonamides is 1. The molecule has 2 unspecified atom stereocenters. The van der Waals surface area contributed by atoms with Crippen LogP contribution >= 0.6 is 0 Å². The van der Waals surface area contributed by atoms with Gasteiger partial charge in [-0.15, -0.1) is 6.58 Å². The molecule has 198 valence electrons. The number of likely N-dealkylation sites (tertiary alicyclic amines) is 1. The van der Waals surface area contributed by atoms with Gasteiger partial charge >= 0.3 is 0 Å². The SMILES string of the molecule is C=CC1CC1(NC(=O)[C@@H]1C[C@@H](N)CN1C(=O)[C@@H](NC(=O)CC1CC1)C(=C)C)C(=O)NS(=O)(=O)C1CC1. The van der Waals surface area contributed by atoms with E-state index in [0.29, 0.717) is 30.8 Å². The summed E-state index contributed by atoms with van der Waals surface area (Å²) < 4.78 is 26.7. The van der Waals surface area contributed by atoms with E-state index in [2.05, 4.69) is 28.5 Å². The minimum atomic E-state index is -3.81. The number of carbonyl (C=O) groups excluding carboxylic acids is 4. The lowest BCUT2D eigenvalue weighted by molar-refractivity contribution is -0.141. The third kappa shape index (κ3) is 5.49. The van der Waals surface area contributed by atoms with Crippen LogP contribution in [0.1, 0.15) is 51.9 Å². The number of rotatable bonds is 11. The van der Waals surface area contributed by atoms with Gasteiger partial charge in [0.05, 0.1) is 5.25 Å². The van der Waals surface area contributed by atoms with Gasteiger partial charge in [-0.3, -0.25) is 23.9 Å². The molecule has 4 fully saturated rings. The Morgan fingerprint density at radius 2 is 1.86 bits per heavy atom. The lowest BCUT2D eigenvalue weighted by Crippen LogP contribution is -2.58. The molecule has 0 bridgehead atoms. The Morgan fingerprint density at radius 3 is 2.39 bits per heavy atom. The van der Waals surface area contributed by atoms with Gasteiger partial charge in [-0.05, 0) is 56.9 Å². The van der Waals surface area contributed by atoms with Crippen molar-refractivity contribution in [1.29, 1.82) is 0 Å². The van der Waals surface area contributed by atoms with Gasteiger partial charge in [0.2, 0.25) is 27.7 Å². The normalized spacial score (nSPS) is 30.2. The maximum atomic E-state index is 13.4. The zero-order valence-electron chi connectivity index (χ0n) is 20.5. The summed E-state index contributed by atoms with van der Waals surface area (Å²) in [4.78, 5) is 53.5. The highest BCUT2D eigenvalue weighted by Crippen LogP contribution is 2.45. The molecule has 0 spiro atoms. The first kappa shape index (κ1) is 26.3. The molecule has 5 N–H and O–H groups in total. The lowest BCUT2D eigenvalue weighted by Gasteiger charge is -2.30. The van der Waals surface area contributed by atoms with Crippen molar-refractivity contribution < 1.29 is 27.6 Å². The van der Waals surface area contributed by atoms with E-state index in [1.54, 1.807) is 6.92 Å². The molecule has 0 aromatic rings. The van der Waals surface area contributed by atoms with Crippen LogP contribution in [0.5, 0.6) is 0 Å². The van der Waals surface area contributed by atoms with E-state index >= 15 is 0 Å². The van der Waals surface area contributed by atoms with Crippen molar-refractivity contribution in [3.8, 4) is 0 Å². The summed E-state index contributed by atoms with van der Waals surface area (Å²) in [7, 11) is -3.81. The average Bonchev–Trinajstić information content (AvgIpc) is 3.67. The Bertz CT molecular complexity index is 1100. The Hall–Kier alpha value is -2.73. The van der Waals surface area contributed by atoms with Gasteiger partial charge in [-0.25, -0.2) is 8.42 Å². The van der Waals surface area contributed by atoms with Crippen molar-refractivity contribution in [1.82, 2.24) is 20.3 Å². The predicted octanol–water partition coefficient (Wildman–Crippen LogP) is -0.555. The molecule has 5 atom stereocenters. The van der Waals surface area contributed by atoms with Gasteiger partial charge in [-0.2, -0.15) is 0 Å². The minimum Gasteiger partial charge on any atom is -0.341 e. The molecular weight excluding hydrogens is 486 g/mol. The van der Waals surface area contributed by atoms with Gasteiger partial charge in [0.25, 0.3) is 5.91 Å². The van der Waals surface area contributed by atoms with E-state index in [-0.39, 0.29) is 25.3 Å². The number of nitrogens with zero attached hydrogens (tertiary/aromatic N) is 1. The Labute approximate surface area is 211 Å². The summed E-state index contributed by atoms with van der Waals surface area (Å²) in [6.07, 6.45) is 5.16. The van der Waals surface area contributed by atoms with Crippen LogP contribution in [-0.4, -0.2) is 72.4 Å². The van der Waals surface area contributed by atoms with E-state index < -0.39 is 62.6 Å². The highest BCUT2D eigenvalue weighted by atomic mass is 32.2. The van der Waals surface area contributed by atoms with Gasteiger partial charge in [0.15, 0.2) is 0 Å². The minimum absolute atomic E-state index is 0.0966. The van der Waals surface area contributed by atoms with Crippen molar-refractivity contribution >= 4 is 33.7 Å². The molecule has 4 rings (SSSR count). The van der Waals surface area contributed by atoms with Crippen LogP contribution < -0.4 is 21.1 Å². The van der Waals surface area contributed by atoms with Gasteiger partial charge in [-0.1, -0.05) is 12.7 Å². The van der Waals surface area contributed by atoms with E-state index in [9.17, 15) is 27.6 Å². The average molecular weight is 522 g/mol. The molecule has 0 radical (unpaired) electrons. The summed E-state index contributed by atoms with van der Waals surface area (Å²) in [5.74, 6) is -2.26. The summed E-state index contributed by atoms with van der Waals surface area (Å²) in [6.45, 7) is 9.25. The second-order valence-electron chi connectivity index (χ2n) is 10.7. The number of nitrogens with one attached hydrogen (secondary N) is 3. The Kier molecular flexibility index (Phi) is 7.04. The van der Waals surface area contributed by atoms with Crippen molar-refractivity contribution in [2.24, 2.45) is 17.6 Å². The molecule has 0 aromatic heterocycles. The number of amides is 4. The quantitative estimate of drug-likeness (QED) is 0.264. The fraction of sp³-hybridized carbons (Fsp3) is 0.667. The summed E-state index contributed by atoms with van der Waals surface area (Å²) in [5, 5.41) is 4.83. The van der Waals surface area contributed by atoms with Crippen LogP contribution in [0.4, 0.5) is 0 Å². The molecule has 12 heteroatoms. The summed E-state index contributed by atoms with van der Waals surface area (Å²) >= 11 is 0. The number of carbonyl (C=O) groups is 4. The highest BCUT2D eigenvalue weighted by molar-refractivity contribution is 7.91. The van der Waals surface area contributed by atoms with E-state index in [0.717, 1.165) is 12.8 Å². The fourth-order valence-corrected chi connectivity index (χ4v) is 6.11. The first-order valence-corrected chi connectivity index (χ1v) is 13.9. The second-order valence-corrected chi connectivity index (χ2v) is 12.6. The van der Waals surface area contributed by atoms with Crippen LogP contribution in [0.2, 0.25) is 0 Å². The van der Waals surface area contributed by atoms with Gasteiger partial charge in [0, 0.05) is 24.9 Å². The van der Waals surface area contributed by atoms with Gasteiger partial charge in [0.1, 0.15) is 17.6 Å². The molecule has 3 saturated carbocycles. The predicted molar refractivity (Wildman–Crippen MR) is 131 cm³/mol. The van der Waals surface area contributed by atoms with Crippen LogP contribution in [0.15, 0.2) is 24.8 Å². The number of nitrogens with two attached hydrogens (primary N) is 1. The van der Waals surface area contributed by atoms with Crippen LogP contribution in [0.3, 0.4) is 0 Å². The van der Waals surface area contributed by atoms with Crippen molar-refractivity contribution in [2.75, 3.05) is 6.54 Å². The molecule has 36 heavy (non-hydrogen) atoms. The van der Waals surface area contributed by atoms with E-state index in [4.69, 9.17) is 5.73 Å². The molecule has 1 heterocycles.